The Labute approximate surface area is 206 Å². The van der Waals surface area contributed by atoms with Crippen molar-refractivity contribution in [1.29, 1.82) is 0 Å². The van der Waals surface area contributed by atoms with Crippen LogP contribution in [0.1, 0.15) is 29.4 Å². The number of halogens is 1. The number of hydrogen-bond acceptors (Lipinski definition) is 5. The van der Waals surface area contributed by atoms with Crippen LogP contribution < -0.4 is 20.9 Å². The highest BCUT2D eigenvalue weighted by atomic mass is 19.1. The Morgan fingerprint density at radius 3 is 2.50 bits per heavy atom. The molecule has 4 rings (SSSR count). The summed E-state index contributed by atoms with van der Waals surface area (Å²) in [6, 6.07) is 15.9. The third-order valence-electron chi connectivity index (χ3n) is 5.52. The molecule has 2 amide bonds. The van der Waals surface area contributed by atoms with Gasteiger partial charge in [0, 0.05) is 37.5 Å². The molecule has 9 nitrogen and oxygen atoms in total. The van der Waals surface area contributed by atoms with Crippen molar-refractivity contribution in [1.82, 2.24) is 14.3 Å². The van der Waals surface area contributed by atoms with Gasteiger partial charge in [0.2, 0.25) is 5.91 Å². The maximum Gasteiger partial charge on any atom is 0.284 e. The number of nitrogens with one attached hydrogen (secondary N) is 2. The molecule has 0 spiro atoms. The van der Waals surface area contributed by atoms with Crippen molar-refractivity contribution in [2.75, 3.05) is 10.6 Å². The quantitative estimate of drug-likeness (QED) is 0.400. The predicted molar refractivity (Wildman–Crippen MR) is 133 cm³/mol. The van der Waals surface area contributed by atoms with Crippen LogP contribution in [0.5, 0.6) is 11.5 Å². The van der Waals surface area contributed by atoms with Gasteiger partial charge in [-0.25, -0.2) is 14.1 Å². The zero-order valence-electron chi connectivity index (χ0n) is 19.9. The molecule has 2 aromatic carbocycles. The maximum atomic E-state index is 14.8. The summed E-state index contributed by atoms with van der Waals surface area (Å²) in [7, 11) is 1.69. The number of nitrogens with zero attached hydrogens (tertiary/aromatic N) is 3. The summed E-state index contributed by atoms with van der Waals surface area (Å²) in [6.07, 6.45) is 1.72. The van der Waals surface area contributed by atoms with Crippen molar-refractivity contribution < 1.29 is 18.7 Å². The second-order valence-corrected chi connectivity index (χ2v) is 7.92. The second-order valence-electron chi connectivity index (χ2n) is 7.92. The topological polar surface area (TPSA) is 107 Å². The third kappa shape index (κ3) is 5.02. The van der Waals surface area contributed by atoms with Crippen LogP contribution in [-0.2, 0) is 11.8 Å². The molecule has 10 heteroatoms. The SMILES string of the molecule is CCC(=O)Nc1cc(Oc2ccc(NC(=O)c3c(C)n(C)n(-c4ccccc4)c3=O)cc2F)ccn1. The number of ether oxygens (including phenoxy) is 1. The lowest BCUT2D eigenvalue weighted by Crippen LogP contribution is -2.25. The standard InChI is InChI=1S/C26H24FN5O4/c1-4-23(33)30-22-15-19(12-13-28-22)36-21-11-10-17(14-20(21)27)29-25(34)24-16(2)31(3)32(26(24)35)18-8-6-5-7-9-18/h5-15H,4H2,1-3H3,(H,29,34)(H,28,30,33). The van der Waals surface area contributed by atoms with Gasteiger partial charge in [0.1, 0.15) is 17.1 Å². The molecule has 4 aromatic rings. The average molecular weight is 490 g/mol. The number of pyridine rings is 1. The van der Waals surface area contributed by atoms with Crippen LogP contribution in [-0.4, -0.2) is 26.2 Å². The first-order chi connectivity index (χ1) is 17.3. The van der Waals surface area contributed by atoms with E-state index in [4.69, 9.17) is 4.74 Å². The monoisotopic (exact) mass is 489 g/mol. The van der Waals surface area contributed by atoms with Crippen molar-refractivity contribution in [2.45, 2.75) is 20.3 Å². The minimum Gasteiger partial charge on any atom is -0.454 e. The van der Waals surface area contributed by atoms with Crippen molar-refractivity contribution in [3.63, 3.8) is 0 Å². The van der Waals surface area contributed by atoms with Crippen LogP contribution in [0.25, 0.3) is 5.69 Å². The Kier molecular flexibility index (Phi) is 6.95. The Bertz CT molecular complexity index is 1490. The second kappa shape index (κ2) is 10.3. The summed E-state index contributed by atoms with van der Waals surface area (Å²) in [5.74, 6) is -1.13. The largest absolute Gasteiger partial charge is 0.454 e. The molecule has 0 unspecified atom stereocenters. The van der Waals surface area contributed by atoms with E-state index in [2.05, 4.69) is 15.6 Å². The molecule has 0 saturated carbocycles. The van der Waals surface area contributed by atoms with E-state index in [1.807, 2.05) is 6.07 Å². The minimum absolute atomic E-state index is 0.0412. The van der Waals surface area contributed by atoms with Gasteiger partial charge >= 0.3 is 0 Å². The van der Waals surface area contributed by atoms with Crippen LogP contribution in [0.15, 0.2) is 71.7 Å². The fourth-order valence-electron chi connectivity index (χ4n) is 3.59. The van der Waals surface area contributed by atoms with Crippen molar-refractivity contribution >= 4 is 23.3 Å². The van der Waals surface area contributed by atoms with Gasteiger partial charge < -0.3 is 15.4 Å². The fraction of sp³-hybridized carbons (Fsp3) is 0.154. The van der Waals surface area contributed by atoms with E-state index in [0.717, 1.165) is 6.07 Å². The molecule has 0 saturated heterocycles. The van der Waals surface area contributed by atoms with Crippen molar-refractivity contribution in [2.24, 2.45) is 7.05 Å². The number of carbonyl (C=O) groups excluding carboxylic acids is 2. The van der Waals surface area contributed by atoms with E-state index < -0.39 is 17.3 Å². The molecule has 0 atom stereocenters. The summed E-state index contributed by atoms with van der Waals surface area (Å²) in [5, 5.41) is 5.19. The van der Waals surface area contributed by atoms with Crippen LogP contribution >= 0.6 is 0 Å². The van der Waals surface area contributed by atoms with Gasteiger partial charge in [0.25, 0.3) is 11.5 Å². The minimum atomic E-state index is -0.727. The van der Waals surface area contributed by atoms with Gasteiger partial charge in [-0.15, -0.1) is 0 Å². The van der Waals surface area contributed by atoms with Gasteiger partial charge in [-0.3, -0.25) is 19.1 Å². The molecular formula is C26H24FN5O4. The van der Waals surface area contributed by atoms with Crippen LogP contribution in [0.2, 0.25) is 0 Å². The first kappa shape index (κ1) is 24.4. The summed E-state index contributed by atoms with van der Waals surface area (Å²) >= 11 is 0. The number of carbonyl (C=O) groups is 2. The number of anilines is 2. The number of benzene rings is 2. The number of aromatic nitrogens is 3. The molecule has 0 aliphatic heterocycles. The first-order valence-corrected chi connectivity index (χ1v) is 11.2. The van der Waals surface area contributed by atoms with E-state index >= 15 is 0 Å². The number of para-hydroxylation sites is 1. The lowest BCUT2D eigenvalue weighted by Gasteiger charge is -2.10. The van der Waals surface area contributed by atoms with Gasteiger partial charge in [0.05, 0.1) is 11.4 Å². The van der Waals surface area contributed by atoms with E-state index in [-0.39, 0.29) is 40.9 Å². The van der Waals surface area contributed by atoms with Gasteiger partial charge in [-0.2, -0.15) is 0 Å². The molecule has 2 aromatic heterocycles. The molecule has 0 aliphatic carbocycles. The van der Waals surface area contributed by atoms with E-state index in [9.17, 15) is 18.8 Å². The van der Waals surface area contributed by atoms with Crippen molar-refractivity contribution in [3.05, 3.63) is 94.3 Å². The molecule has 0 radical (unpaired) electrons. The lowest BCUT2D eigenvalue weighted by molar-refractivity contribution is -0.115. The van der Waals surface area contributed by atoms with Crippen molar-refractivity contribution in [3.8, 4) is 17.2 Å². The van der Waals surface area contributed by atoms with E-state index in [1.165, 1.54) is 35.1 Å². The number of rotatable bonds is 7. The normalized spacial score (nSPS) is 10.7. The highest BCUT2D eigenvalue weighted by Crippen LogP contribution is 2.28. The molecule has 0 aliphatic rings. The summed E-state index contributed by atoms with van der Waals surface area (Å²) in [5.41, 5.74) is 0.714. The van der Waals surface area contributed by atoms with E-state index in [1.54, 1.807) is 49.8 Å². The van der Waals surface area contributed by atoms with Gasteiger partial charge in [-0.1, -0.05) is 25.1 Å². The number of amides is 2. The lowest BCUT2D eigenvalue weighted by atomic mass is 10.2. The smallest absolute Gasteiger partial charge is 0.284 e. The molecule has 0 fully saturated rings. The van der Waals surface area contributed by atoms with Crippen LogP contribution in [0.3, 0.4) is 0 Å². The molecule has 36 heavy (non-hydrogen) atoms. The van der Waals surface area contributed by atoms with Crippen LogP contribution in [0.4, 0.5) is 15.9 Å². The van der Waals surface area contributed by atoms with E-state index in [0.29, 0.717) is 11.4 Å². The number of hydrogen-bond donors (Lipinski definition) is 2. The zero-order valence-corrected chi connectivity index (χ0v) is 19.9. The highest BCUT2D eigenvalue weighted by molar-refractivity contribution is 6.05. The molecule has 2 heterocycles. The summed E-state index contributed by atoms with van der Waals surface area (Å²) in [4.78, 5) is 41.6. The Balaban J connectivity index is 1.53. The molecular weight excluding hydrogens is 465 g/mol. The Morgan fingerprint density at radius 2 is 1.81 bits per heavy atom. The fourth-order valence-corrected chi connectivity index (χ4v) is 3.59. The summed E-state index contributed by atoms with van der Waals surface area (Å²) < 4.78 is 23.3. The maximum absolute atomic E-state index is 14.8. The van der Waals surface area contributed by atoms with Gasteiger partial charge in [-0.05, 0) is 37.3 Å². The Morgan fingerprint density at radius 1 is 1.06 bits per heavy atom. The molecule has 0 bridgehead atoms. The summed E-state index contributed by atoms with van der Waals surface area (Å²) in [6.45, 7) is 3.38. The average Bonchev–Trinajstić information content (AvgIpc) is 3.09. The third-order valence-corrected chi connectivity index (χ3v) is 5.52. The van der Waals surface area contributed by atoms with Crippen LogP contribution in [0, 0.1) is 12.7 Å². The predicted octanol–water partition coefficient (Wildman–Crippen LogP) is 4.41. The first-order valence-electron chi connectivity index (χ1n) is 11.2. The Hall–Kier alpha value is -4.73. The molecule has 184 valence electrons. The highest BCUT2D eigenvalue weighted by Gasteiger charge is 2.22. The molecule has 2 N–H and O–H groups in total. The zero-order chi connectivity index (χ0) is 25.8. The van der Waals surface area contributed by atoms with Gasteiger partial charge in [0.15, 0.2) is 11.6 Å².